The minimum absolute atomic E-state index is 0.469. The Labute approximate surface area is 116 Å². The molecule has 1 saturated carbocycles. The molecule has 19 heavy (non-hydrogen) atoms. The van der Waals surface area contributed by atoms with Crippen molar-refractivity contribution >= 4 is 29.1 Å². The number of aromatic nitrogens is 3. The first-order valence-electron chi connectivity index (χ1n) is 6.20. The average molecular weight is 276 g/mol. The van der Waals surface area contributed by atoms with Gasteiger partial charge < -0.3 is 10.6 Å². The largest absolute Gasteiger partial charge is 0.366 e. The molecule has 0 radical (unpaired) electrons. The van der Waals surface area contributed by atoms with Crippen molar-refractivity contribution in [2.75, 3.05) is 10.6 Å². The number of hydrogen-bond donors (Lipinski definition) is 2. The maximum Gasteiger partial charge on any atom is 0.249 e. The zero-order valence-corrected chi connectivity index (χ0v) is 11.3. The van der Waals surface area contributed by atoms with Gasteiger partial charge in [0.25, 0.3) is 0 Å². The van der Waals surface area contributed by atoms with Crippen LogP contribution in [0, 0.1) is 6.92 Å². The number of nitrogens with zero attached hydrogens (tertiary/aromatic N) is 3. The number of halogens is 1. The monoisotopic (exact) mass is 275 g/mol. The second-order valence-electron chi connectivity index (χ2n) is 4.67. The first-order valence-corrected chi connectivity index (χ1v) is 6.58. The highest BCUT2D eigenvalue weighted by atomic mass is 35.5. The summed E-state index contributed by atoms with van der Waals surface area (Å²) in [5.74, 6) is 1.22. The Hall–Kier alpha value is -1.88. The van der Waals surface area contributed by atoms with Gasteiger partial charge in [-0.15, -0.1) is 5.10 Å². The number of nitrogens with one attached hydrogen (secondary N) is 2. The van der Waals surface area contributed by atoms with Crippen LogP contribution in [0.1, 0.15) is 18.4 Å². The molecule has 0 spiro atoms. The van der Waals surface area contributed by atoms with Gasteiger partial charge in [-0.1, -0.05) is 17.7 Å². The lowest BCUT2D eigenvalue weighted by Gasteiger charge is -2.09. The third kappa shape index (κ3) is 3.12. The first-order chi connectivity index (χ1) is 9.20. The van der Waals surface area contributed by atoms with E-state index in [1.54, 1.807) is 6.20 Å². The molecule has 2 aromatic rings. The van der Waals surface area contributed by atoms with Gasteiger partial charge in [-0.25, -0.2) is 0 Å². The second-order valence-corrected chi connectivity index (χ2v) is 5.10. The Kier molecular flexibility index (Phi) is 3.21. The summed E-state index contributed by atoms with van der Waals surface area (Å²) in [5.41, 5.74) is 1.96. The van der Waals surface area contributed by atoms with Gasteiger partial charge >= 0.3 is 0 Å². The lowest BCUT2D eigenvalue weighted by Crippen LogP contribution is -2.07. The summed E-state index contributed by atoms with van der Waals surface area (Å²) in [4.78, 5) is 4.38. The number of anilines is 3. The van der Waals surface area contributed by atoms with E-state index in [1.807, 2.05) is 25.1 Å². The van der Waals surface area contributed by atoms with Crippen LogP contribution in [-0.2, 0) is 0 Å². The van der Waals surface area contributed by atoms with Gasteiger partial charge in [0.05, 0.1) is 6.20 Å². The molecule has 0 unspecified atom stereocenters. The van der Waals surface area contributed by atoms with Crippen LogP contribution < -0.4 is 10.6 Å². The molecule has 1 aliphatic carbocycles. The molecule has 1 aromatic heterocycles. The normalized spacial score (nSPS) is 14.2. The third-order valence-corrected chi connectivity index (χ3v) is 3.17. The Morgan fingerprint density at radius 1 is 1.32 bits per heavy atom. The molecule has 0 saturated heterocycles. The van der Waals surface area contributed by atoms with Gasteiger partial charge in [-0.2, -0.15) is 10.1 Å². The van der Waals surface area contributed by atoms with E-state index in [9.17, 15) is 0 Å². The molecule has 0 atom stereocenters. The molecule has 5 nitrogen and oxygen atoms in total. The molecule has 98 valence electrons. The van der Waals surface area contributed by atoms with Crippen molar-refractivity contribution in [3.8, 4) is 0 Å². The standard InChI is InChI=1S/C13H14ClN5/c1-8-2-3-9(14)6-11(8)17-13-18-12(7-15-19-13)16-10-4-5-10/h2-3,6-7,10H,4-5H2,1H3,(H2,16,17,18,19). The fourth-order valence-electron chi connectivity index (χ4n) is 1.71. The highest BCUT2D eigenvalue weighted by molar-refractivity contribution is 6.30. The van der Waals surface area contributed by atoms with Crippen LogP contribution in [0.4, 0.5) is 17.5 Å². The van der Waals surface area contributed by atoms with E-state index < -0.39 is 0 Å². The quantitative estimate of drug-likeness (QED) is 0.897. The van der Waals surface area contributed by atoms with Crippen LogP contribution in [-0.4, -0.2) is 21.2 Å². The fraction of sp³-hybridized carbons (Fsp3) is 0.308. The zero-order valence-electron chi connectivity index (χ0n) is 10.5. The smallest absolute Gasteiger partial charge is 0.249 e. The second kappa shape index (κ2) is 5.01. The summed E-state index contributed by atoms with van der Waals surface area (Å²) in [5, 5.41) is 15.0. The molecular formula is C13H14ClN5. The Morgan fingerprint density at radius 3 is 2.95 bits per heavy atom. The number of aryl methyl sites for hydroxylation is 1. The molecule has 1 heterocycles. The first kappa shape index (κ1) is 12.2. The lowest BCUT2D eigenvalue weighted by molar-refractivity contribution is 0.964. The maximum atomic E-state index is 5.98. The van der Waals surface area contributed by atoms with Crippen molar-refractivity contribution in [1.82, 2.24) is 15.2 Å². The minimum atomic E-state index is 0.469. The molecular weight excluding hydrogens is 262 g/mol. The van der Waals surface area contributed by atoms with Gasteiger partial charge in [0, 0.05) is 16.8 Å². The predicted molar refractivity (Wildman–Crippen MR) is 75.9 cm³/mol. The maximum absolute atomic E-state index is 5.98. The van der Waals surface area contributed by atoms with Gasteiger partial charge in [0.2, 0.25) is 5.95 Å². The van der Waals surface area contributed by atoms with Crippen molar-refractivity contribution in [2.24, 2.45) is 0 Å². The van der Waals surface area contributed by atoms with Crippen molar-refractivity contribution in [2.45, 2.75) is 25.8 Å². The number of hydrogen-bond acceptors (Lipinski definition) is 5. The number of rotatable bonds is 4. The van der Waals surface area contributed by atoms with Crippen molar-refractivity contribution in [3.05, 3.63) is 35.0 Å². The summed E-state index contributed by atoms with van der Waals surface area (Å²) in [6.45, 7) is 2.00. The van der Waals surface area contributed by atoms with Crippen LogP contribution in [0.2, 0.25) is 5.02 Å². The van der Waals surface area contributed by atoms with E-state index in [0.717, 1.165) is 17.1 Å². The summed E-state index contributed by atoms with van der Waals surface area (Å²) in [6, 6.07) is 6.19. The van der Waals surface area contributed by atoms with Crippen molar-refractivity contribution in [3.63, 3.8) is 0 Å². The summed E-state index contributed by atoms with van der Waals surface area (Å²) >= 11 is 5.98. The average Bonchev–Trinajstić information content (AvgIpc) is 3.18. The van der Waals surface area contributed by atoms with Crippen LogP contribution in [0.25, 0.3) is 0 Å². The summed E-state index contributed by atoms with van der Waals surface area (Å²) in [6.07, 6.45) is 4.02. The molecule has 0 aliphatic heterocycles. The third-order valence-electron chi connectivity index (χ3n) is 2.93. The van der Waals surface area contributed by atoms with Gasteiger partial charge in [0.15, 0.2) is 5.82 Å². The number of benzene rings is 1. The van der Waals surface area contributed by atoms with E-state index in [4.69, 9.17) is 11.6 Å². The Balaban J connectivity index is 1.79. The molecule has 6 heteroatoms. The molecule has 1 aliphatic rings. The van der Waals surface area contributed by atoms with E-state index in [0.29, 0.717) is 17.0 Å². The summed E-state index contributed by atoms with van der Waals surface area (Å²) < 4.78 is 0. The molecule has 2 N–H and O–H groups in total. The molecule has 1 fully saturated rings. The highest BCUT2D eigenvalue weighted by Gasteiger charge is 2.21. The SMILES string of the molecule is Cc1ccc(Cl)cc1Nc1nncc(NC2CC2)n1. The van der Waals surface area contributed by atoms with Crippen molar-refractivity contribution in [1.29, 1.82) is 0 Å². The van der Waals surface area contributed by atoms with Crippen LogP contribution in [0.3, 0.4) is 0 Å². The van der Waals surface area contributed by atoms with Gasteiger partial charge in [-0.3, -0.25) is 0 Å². The van der Waals surface area contributed by atoms with Gasteiger partial charge in [0.1, 0.15) is 0 Å². The topological polar surface area (TPSA) is 62.7 Å². The van der Waals surface area contributed by atoms with Crippen LogP contribution in [0.5, 0.6) is 0 Å². The van der Waals surface area contributed by atoms with E-state index in [1.165, 1.54) is 12.8 Å². The summed E-state index contributed by atoms with van der Waals surface area (Å²) in [7, 11) is 0. The van der Waals surface area contributed by atoms with Crippen LogP contribution in [0.15, 0.2) is 24.4 Å². The predicted octanol–water partition coefficient (Wildman–Crippen LogP) is 3.15. The van der Waals surface area contributed by atoms with E-state index in [-0.39, 0.29) is 0 Å². The van der Waals surface area contributed by atoms with E-state index >= 15 is 0 Å². The highest BCUT2D eigenvalue weighted by Crippen LogP contribution is 2.25. The minimum Gasteiger partial charge on any atom is -0.366 e. The van der Waals surface area contributed by atoms with Crippen molar-refractivity contribution < 1.29 is 0 Å². The van der Waals surface area contributed by atoms with Crippen LogP contribution >= 0.6 is 11.6 Å². The van der Waals surface area contributed by atoms with E-state index in [2.05, 4.69) is 25.8 Å². The lowest BCUT2D eigenvalue weighted by atomic mass is 10.2. The fourth-order valence-corrected chi connectivity index (χ4v) is 1.88. The molecule has 1 aromatic carbocycles. The Morgan fingerprint density at radius 2 is 2.16 bits per heavy atom. The molecule has 0 bridgehead atoms. The molecule has 0 amide bonds. The molecule has 3 rings (SSSR count). The zero-order chi connectivity index (χ0) is 13.2. The van der Waals surface area contributed by atoms with Gasteiger partial charge in [-0.05, 0) is 37.5 Å². The Bertz CT molecular complexity index is 597.